The van der Waals surface area contributed by atoms with Crippen LogP contribution < -0.4 is 10.6 Å². The van der Waals surface area contributed by atoms with Crippen molar-refractivity contribution in [1.82, 2.24) is 15.5 Å². The van der Waals surface area contributed by atoms with Gasteiger partial charge in [0, 0.05) is 5.56 Å². The molecule has 0 spiro atoms. The summed E-state index contributed by atoms with van der Waals surface area (Å²) in [6.07, 6.45) is 1.56. The van der Waals surface area contributed by atoms with Gasteiger partial charge in [-0.15, -0.1) is 10.2 Å². The van der Waals surface area contributed by atoms with Crippen LogP contribution >= 0.6 is 23.1 Å². The molecule has 2 amide bonds. The summed E-state index contributed by atoms with van der Waals surface area (Å²) in [6, 6.07) is 16.9. The Labute approximate surface area is 174 Å². The Morgan fingerprint density at radius 2 is 1.90 bits per heavy atom. The van der Waals surface area contributed by atoms with Crippen LogP contribution in [0.1, 0.15) is 16.1 Å². The number of benzene rings is 2. The van der Waals surface area contributed by atoms with Gasteiger partial charge in [0.2, 0.25) is 11.0 Å². The number of carbonyl (C=O) groups is 2. The molecule has 0 saturated heterocycles. The number of aromatic nitrogens is 2. The molecule has 9 heteroatoms. The van der Waals surface area contributed by atoms with Gasteiger partial charge in [-0.25, -0.2) is 0 Å². The average Bonchev–Trinajstić information content (AvgIpc) is 3.42. The largest absolute Gasteiger partial charge is 0.467 e. The Morgan fingerprint density at radius 1 is 1.03 bits per heavy atom. The molecule has 7 nitrogen and oxygen atoms in total. The zero-order chi connectivity index (χ0) is 20.1. The molecule has 0 fully saturated rings. The number of furan rings is 1. The van der Waals surface area contributed by atoms with Crippen LogP contribution in [0.25, 0.3) is 10.8 Å². The van der Waals surface area contributed by atoms with E-state index in [1.165, 1.54) is 23.1 Å². The number of nitrogens with one attached hydrogen (secondary N) is 2. The molecule has 2 heterocycles. The summed E-state index contributed by atoms with van der Waals surface area (Å²) in [6.45, 7) is 0.343. The van der Waals surface area contributed by atoms with Crippen LogP contribution in [0, 0.1) is 0 Å². The smallest absolute Gasteiger partial charge is 0.257 e. The number of rotatable bonds is 7. The first kappa shape index (κ1) is 19.2. The summed E-state index contributed by atoms with van der Waals surface area (Å²) in [5, 5.41) is 16.0. The molecule has 4 aromatic rings. The highest BCUT2D eigenvalue weighted by atomic mass is 32.2. The van der Waals surface area contributed by atoms with Crippen LogP contribution in [-0.4, -0.2) is 27.8 Å². The molecule has 0 aliphatic rings. The summed E-state index contributed by atoms with van der Waals surface area (Å²) in [5.74, 6) is 0.509. The highest BCUT2D eigenvalue weighted by Gasteiger charge is 2.12. The van der Waals surface area contributed by atoms with E-state index in [9.17, 15) is 9.59 Å². The highest BCUT2D eigenvalue weighted by Crippen LogP contribution is 2.26. The predicted molar refractivity (Wildman–Crippen MR) is 113 cm³/mol. The van der Waals surface area contributed by atoms with Crippen molar-refractivity contribution in [2.24, 2.45) is 0 Å². The Hall–Kier alpha value is -3.17. The van der Waals surface area contributed by atoms with E-state index in [0.717, 1.165) is 10.8 Å². The maximum Gasteiger partial charge on any atom is 0.257 e. The fourth-order valence-corrected chi connectivity index (χ4v) is 4.17. The second-order valence-corrected chi connectivity index (χ2v) is 8.23. The highest BCUT2D eigenvalue weighted by molar-refractivity contribution is 8.01. The Bertz CT molecular complexity index is 1140. The lowest BCUT2D eigenvalue weighted by Crippen LogP contribution is -2.24. The summed E-state index contributed by atoms with van der Waals surface area (Å²) in [7, 11) is 0. The molecule has 2 aromatic carbocycles. The van der Waals surface area contributed by atoms with Crippen molar-refractivity contribution in [1.29, 1.82) is 0 Å². The molecular formula is C20H16N4O3S2. The molecule has 0 aliphatic heterocycles. The van der Waals surface area contributed by atoms with Crippen LogP contribution in [0.3, 0.4) is 0 Å². The van der Waals surface area contributed by atoms with Gasteiger partial charge in [-0.05, 0) is 35.0 Å². The lowest BCUT2D eigenvalue weighted by molar-refractivity contribution is -0.118. The van der Waals surface area contributed by atoms with E-state index in [1.54, 1.807) is 24.5 Å². The van der Waals surface area contributed by atoms with Crippen LogP contribution in [0.15, 0.2) is 69.6 Å². The number of thioether (sulfide) groups is 1. The number of amides is 2. The molecule has 0 unspecified atom stereocenters. The van der Waals surface area contributed by atoms with E-state index in [2.05, 4.69) is 20.8 Å². The monoisotopic (exact) mass is 424 g/mol. The van der Waals surface area contributed by atoms with E-state index in [4.69, 9.17) is 4.42 Å². The third-order valence-corrected chi connectivity index (χ3v) is 5.98. The van der Waals surface area contributed by atoms with E-state index in [1.807, 2.05) is 36.4 Å². The minimum Gasteiger partial charge on any atom is -0.467 e. The Balaban J connectivity index is 1.30. The molecule has 146 valence electrons. The molecule has 0 radical (unpaired) electrons. The molecule has 2 N–H and O–H groups in total. The fraction of sp³-hybridized carbons (Fsp3) is 0.100. The fourth-order valence-electron chi connectivity index (χ4n) is 2.60. The van der Waals surface area contributed by atoms with E-state index in [-0.39, 0.29) is 17.6 Å². The van der Waals surface area contributed by atoms with Gasteiger partial charge in [-0.1, -0.05) is 53.4 Å². The molecule has 29 heavy (non-hydrogen) atoms. The van der Waals surface area contributed by atoms with Crippen LogP contribution in [-0.2, 0) is 11.3 Å². The van der Waals surface area contributed by atoms with E-state index >= 15 is 0 Å². The van der Waals surface area contributed by atoms with Crippen molar-refractivity contribution in [2.45, 2.75) is 10.9 Å². The minimum absolute atomic E-state index is 0.136. The molecule has 4 rings (SSSR count). The topological polar surface area (TPSA) is 97.1 Å². The molecular weight excluding hydrogens is 408 g/mol. The molecule has 0 bridgehead atoms. The maximum absolute atomic E-state index is 12.5. The Morgan fingerprint density at radius 3 is 2.72 bits per heavy atom. The van der Waals surface area contributed by atoms with Crippen molar-refractivity contribution in [3.8, 4) is 0 Å². The second kappa shape index (κ2) is 8.89. The van der Waals surface area contributed by atoms with Gasteiger partial charge in [-0.3, -0.25) is 14.9 Å². The average molecular weight is 425 g/mol. The predicted octanol–water partition coefficient (Wildman–Crippen LogP) is 3.95. The first-order chi connectivity index (χ1) is 14.2. The first-order valence-electron chi connectivity index (χ1n) is 8.73. The summed E-state index contributed by atoms with van der Waals surface area (Å²) in [5.41, 5.74) is 0.547. The first-order valence-corrected chi connectivity index (χ1v) is 10.5. The van der Waals surface area contributed by atoms with E-state index < -0.39 is 0 Å². The molecule has 0 aliphatic carbocycles. The van der Waals surface area contributed by atoms with Crippen LogP contribution in [0.2, 0.25) is 0 Å². The second-order valence-electron chi connectivity index (χ2n) is 6.03. The molecule has 2 aromatic heterocycles. The lowest BCUT2D eigenvalue weighted by atomic mass is 10.1. The Kier molecular flexibility index (Phi) is 5.87. The molecule has 0 atom stereocenters. The third kappa shape index (κ3) is 5.01. The summed E-state index contributed by atoms with van der Waals surface area (Å²) in [4.78, 5) is 24.4. The lowest BCUT2D eigenvalue weighted by Gasteiger charge is -2.03. The minimum atomic E-state index is -0.250. The van der Waals surface area contributed by atoms with E-state index in [0.29, 0.717) is 27.3 Å². The van der Waals surface area contributed by atoms with Gasteiger partial charge in [0.15, 0.2) is 4.34 Å². The SMILES string of the molecule is O=C(CSc1nnc(NC(=O)c2ccc3ccccc3c2)s1)NCc1ccco1. The van der Waals surface area contributed by atoms with Crippen molar-refractivity contribution < 1.29 is 14.0 Å². The van der Waals surface area contributed by atoms with Crippen LogP contribution in [0.4, 0.5) is 5.13 Å². The van der Waals surface area contributed by atoms with Gasteiger partial charge in [0.05, 0.1) is 18.6 Å². The van der Waals surface area contributed by atoms with Gasteiger partial charge in [0.1, 0.15) is 5.76 Å². The van der Waals surface area contributed by atoms with Crippen molar-refractivity contribution >= 4 is 50.8 Å². The maximum atomic E-state index is 12.5. The van der Waals surface area contributed by atoms with Gasteiger partial charge < -0.3 is 9.73 Å². The number of anilines is 1. The van der Waals surface area contributed by atoms with Crippen molar-refractivity contribution in [3.05, 3.63) is 72.2 Å². The van der Waals surface area contributed by atoms with Gasteiger partial charge >= 0.3 is 0 Å². The van der Waals surface area contributed by atoms with Gasteiger partial charge in [-0.2, -0.15) is 0 Å². The summed E-state index contributed by atoms with van der Waals surface area (Å²) >= 11 is 2.49. The number of nitrogens with zero attached hydrogens (tertiary/aromatic N) is 2. The van der Waals surface area contributed by atoms with Crippen molar-refractivity contribution in [2.75, 3.05) is 11.1 Å². The quantitative estimate of drug-likeness (QED) is 0.344. The number of hydrogen-bond acceptors (Lipinski definition) is 7. The standard InChI is InChI=1S/C20H16N4O3S2/c25-17(21-11-16-6-3-9-27-16)12-28-20-24-23-19(29-20)22-18(26)15-8-7-13-4-1-2-5-14(13)10-15/h1-10H,11-12H2,(H,21,25)(H,22,23,26). The van der Waals surface area contributed by atoms with Crippen LogP contribution in [0.5, 0.6) is 0 Å². The zero-order valence-corrected chi connectivity index (χ0v) is 16.8. The molecule has 0 saturated carbocycles. The summed E-state index contributed by atoms with van der Waals surface area (Å²) < 4.78 is 5.77. The number of fused-ring (bicyclic) bond motifs is 1. The van der Waals surface area contributed by atoms with Crippen molar-refractivity contribution in [3.63, 3.8) is 0 Å². The number of carbonyl (C=O) groups excluding carboxylic acids is 2. The zero-order valence-electron chi connectivity index (χ0n) is 15.1. The normalized spacial score (nSPS) is 10.8. The van der Waals surface area contributed by atoms with Gasteiger partial charge in [0.25, 0.3) is 5.91 Å². The third-order valence-electron chi connectivity index (χ3n) is 4.01. The number of hydrogen-bond donors (Lipinski definition) is 2.